The summed E-state index contributed by atoms with van der Waals surface area (Å²) in [5.74, 6) is 1.31. The van der Waals surface area contributed by atoms with Crippen molar-refractivity contribution in [3.8, 4) is 23.1 Å². The number of amides is 1. The molecule has 6 rings (SSSR count). The molecule has 2 aromatic heterocycles. The second-order valence-electron chi connectivity index (χ2n) is 9.42. The van der Waals surface area contributed by atoms with Gasteiger partial charge in [0.1, 0.15) is 5.58 Å². The number of methoxy groups -OCH3 is 1. The summed E-state index contributed by atoms with van der Waals surface area (Å²) in [5.41, 5.74) is 1.46. The van der Waals surface area contributed by atoms with Crippen molar-refractivity contribution in [3.63, 3.8) is 0 Å². The zero-order valence-electron chi connectivity index (χ0n) is 22.4. The topological polar surface area (TPSA) is 108 Å². The molecule has 1 amide bonds. The first-order valence-electron chi connectivity index (χ1n) is 13.0. The fraction of sp³-hybridized carbons (Fsp3) is 0.200. The predicted molar refractivity (Wildman–Crippen MR) is 165 cm³/mol. The van der Waals surface area contributed by atoms with Crippen LogP contribution >= 0.6 is 31.9 Å². The Bertz CT molecular complexity index is 1890. The Balaban J connectivity index is 1.35. The van der Waals surface area contributed by atoms with Crippen molar-refractivity contribution >= 4 is 65.9 Å². The molecule has 0 atom stereocenters. The molecule has 214 valence electrons. The Hall–Kier alpha value is -4.00. The molecule has 1 aliphatic rings. The van der Waals surface area contributed by atoms with Gasteiger partial charge >= 0.3 is 0 Å². The van der Waals surface area contributed by atoms with Gasteiger partial charge in [0.2, 0.25) is 5.82 Å². The molecule has 0 radical (unpaired) electrons. The summed E-state index contributed by atoms with van der Waals surface area (Å²) in [6.45, 7) is 1.95. The minimum Gasteiger partial charge on any atom is -0.493 e. The third kappa shape index (κ3) is 5.69. The second kappa shape index (κ2) is 12.1. The maximum absolute atomic E-state index is 13.6. The largest absolute Gasteiger partial charge is 0.493 e. The Labute approximate surface area is 256 Å². The van der Waals surface area contributed by atoms with E-state index in [2.05, 4.69) is 37.0 Å². The lowest BCUT2D eigenvalue weighted by atomic mass is 10.2. The van der Waals surface area contributed by atoms with E-state index in [1.54, 1.807) is 35.2 Å². The number of ether oxygens (including phenoxy) is 3. The molecule has 42 heavy (non-hydrogen) atoms. The smallest absolute Gasteiger partial charge is 0.282 e. The average molecular weight is 696 g/mol. The average Bonchev–Trinajstić information content (AvgIpc) is 3.43. The Morgan fingerprint density at radius 2 is 1.90 bits per heavy atom. The number of furan rings is 1. The van der Waals surface area contributed by atoms with E-state index >= 15 is 0 Å². The van der Waals surface area contributed by atoms with Crippen molar-refractivity contribution in [1.82, 2.24) is 14.6 Å². The van der Waals surface area contributed by atoms with Crippen LogP contribution in [0, 0.1) is 0 Å². The van der Waals surface area contributed by atoms with Crippen LogP contribution in [-0.4, -0.2) is 66.7 Å². The maximum Gasteiger partial charge on any atom is 0.282 e. The molecule has 0 bridgehead atoms. The van der Waals surface area contributed by atoms with Crippen LogP contribution in [0.5, 0.6) is 11.5 Å². The highest BCUT2D eigenvalue weighted by molar-refractivity contribution is 9.10. The van der Waals surface area contributed by atoms with Crippen molar-refractivity contribution in [2.75, 3.05) is 40.0 Å². The Morgan fingerprint density at radius 3 is 2.71 bits per heavy atom. The number of aromatic nitrogens is 2. The van der Waals surface area contributed by atoms with E-state index in [1.807, 2.05) is 30.3 Å². The van der Waals surface area contributed by atoms with Gasteiger partial charge in [-0.1, -0.05) is 28.1 Å². The number of halogens is 2. The zero-order chi connectivity index (χ0) is 29.2. The number of carbonyl (C=O) groups excluding carboxylic acids is 1. The van der Waals surface area contributed by atoms with Crippen LogP contribution in [0.25, 0.3) is 33.5 Å². The summed E-state index contributed by atoms with van der Waals surface area (Å²) in [4.78, 5) is 32.6. The molecule has 12 heteroatoms. The van der Waals surface area contributed by atoms with Crippen molar-refractivity contribution < 1.29 is 23.4 Å². The number of hydrogen-bond donors (Lipinski definition) is 0. The molecule has 3 aromatic carbocycles. The van der Waals surface area contributed by atoms with Crippen LogP contribution in [0.1, 0.15) is 5.56 Å². The molecular formula is C30H24Br2N4O6. The lowest BCUT2D eigenvalue weighted by Gasteiger charge is -2.26. The summed E-state index contributed by atoms with van der Waals surface area (Å²) in [7, 11) is 1.51. The second-order valence-corrected chi connectivity index (χ2v) is 11.2. The minimum absolute atomic E-state index is 0.133. The molecule has 0 unspecified atom stereocenters. The van der Waals surface area contributed by atoms with E-state index in [0.717, 1.165) is 9.86 Å². The maximum atomic E-state index is 13.6. The zero-order valence-corrected chi connectivity index (χ0v) is 25.6. The predicted octanol–water partition coefficient (Wildman–Crippen LogP) is 5.46. The summed E-state index contributed by atoms with van der Waals surface area (Å²) in [5, 5.41) is 5.81. The van der Waals surface area contributed by atoms with Gasteiger partial charge in [-0.05, 0) is 70.0 Å². The van der Waals surface area contributed by atoms with Crippen LogP contribution in [0.2, 0.25) is 0 Å². The van der Waals surface area contributed by atoms with E-state index in [0.29, 0.717) is 70.1 Å². The van der Waals surface area contributed by atoms with Gasteiger partial charge < -0.3 is 23.5 Å². The fourth-order valence-electron chi connectivity index (χ4n) is 4.63. The molecule has 1 fully saturated rings. The highest BCUT2D eigenvalue weighted by Gasteiger charge is 2.20. The van der Waals surface area contributed by atoms with Crippen LogP contribution < -0.4 is 15.0 Å². The fourth-order valence-corrected chi connectivity index (χ4v) is 5.58. The number of benzene rings is 3. The lowest BCUT2D eigenvalue weighted by molar-refractivity contribution is -0.137. The summed E-state index contributed by atoms with van der Waals surface area (Å²) >= 11 is 7.01. The van der Waals surface area contributed by atoms with E-state index in [9.17, 15) is 9.59 Å². The molecule has 0 N–H and O–H groups in total. The normalized spacial score (nSPS) is 13.7. The molecule has 1 aliphatic heterocycles. The van der Waals surface area contributed by atoms with Crippen LogP contribution in [0.4, 0.5) is 0 Å². The van der Waals surface area contributed by atoms with Gasteiger partial charge in [-0.15, -0.1) is 0 Å². The molecule has 1 saturated heterocycles. The third-order valence-corrected chi connectivity index (χ3v) is 7.81. The number of nitrogens with zero attached hydrogens (tertiary/aromatic N) is 4. The van der Waals surface area contributed by atoms with Crippen molar-refractivity contribution in [2.24, 2.45) is 5.10 Å². The molecule has 0 spiro atoms. The molecule has 5 aromatic rings. The number of morpholine rings is 1. The molecule has 0 aliphatic carbocycles. The van der Waals surface area contributed by atoms with Crippen LogP contribution in [0.3, 0.4) is 0 Å². The highest BCUT2D eigenvalue weighted by atomic mass is 79.9. The first kappa shape index (κ1) is 28.1. The van der Waals surface area contributed by atoms with Crippen molar-refractivity contribution in [3.05, 3.63) is 85.5 Å². The number of carbonyl (C=O) groups is 1. The van der Waals surface area contributed by atoms with E-state index in [-0.39, 0.29) is 23.9 Å². The number of para-hydroxylation sites is 1. The minimum atomic E-state index is -0.346. The number of rotatable bonds is 7. The van der Waals surface area contributed by atoms with Gasteiger partial charge in [-0.25, -0.2) is 4.98 Å². The van der Waals surface area contributed by atoms with Gasteiger partial charge in [-0.3, -0.25) is 9.59 Å². The van der Waals surface area contributed by atoms with E-state index in [4.69, 9.17) is 23.6 Å². The van der Waals surface area contributed by atoms with E-state index in [1.165, 1.54) is 18.0 Å². The van der Waals surface area contributed by atoms with Gasteiger partial charge in [-0.2, -0.15) is 9.78 Å². The molecular weight excluding hydrogens is 672 g/mol. The van der Waals surface area contributed by atoms with Gasteiger partial charge in [0.25, 0.3) is 11.5 Å². The van der Waals surface area contributed by atoms with Crippen LogP contribution in [-0.2, 0) is 9.53 Å². The summed E-state index contributed by atoms with van der Waals surface area (Å²) < 4.78 is 25.5. The van der Waals surface area contributed by atoms with E-state index < -0.39 is 0 Å². The highest BCUT2D eigenvalue weighted by Crippen LogP contribution is 2.36. The summed E-state index contributed by atoms with van der Waals surface area (Å²) in [6, 6.07) is 18.0. The van der Waals surface area contributed by atoms with Gasteiger partial charge in [0, 0.05) is 22.9 Å². The van der Waals surface area contributed by atoms with Gasteiger partial charge in [0.15, 0.2) is 23.9 Å². The Morgan fingerprint density at radius 1 is 1.10 bits per heavy atom. The van der Waals surface area contributed by atoms with Crippen LogP contribution in [0.15, 0.2) is 83.9 Å². The quantitative estimate of drug-likeness (QED) is 0.208. The summed E-state index contributed by atoms with van der Waals surface area (Å²) in [6.07, 6.45) is 1.52. The van der Waals surface area contributed by atoms with Crippen molar-refractivity contribution in [1.29, 1.82) is 0 Å². The first-order chi connectivity index (χ1) is 20.4. The lowest BCUT2D eigenvalue weighted by Crippen LogP contribution is -2.43. The molecule has 10 nitrogen and oxygen atoms in total. The number of fused-ring (bicyclic) bond motifs is 2. The Kier molecular flexibility index (Phi) is 8.09. The number of hydrogen-bond acceptors (Lipinski definition) is 8. The van der Waals surface area contributed by atoms with Crippen molar-refractivity contribution in [2.45, 2.75) is 0 Å². The van der Waals surface area contributed by atoms with Gasteiger partial charge in [0.05, 0.1) is 41.9 Å². The molecule has 3 heterocycles. The SMILES string of the molecule is COc1cc(C=Nn2c(-c3cc4cc(Br)ccc4o3)nc3ccccc3c2=O)cc(Br)c1OCC(=O)N1CCOCC1. The monoisotopic (exact) mass is 694 g/mol. The molecule has 0 saturated carbocycles. The first-order valence-corrected chi connectivity index (χ1v) is 14.6. The standard InChI is InChI=1S/C30H24Br2N4O6/c1-39-25-13-18(12-22(32)28(25)41-17-27(37)35-8-10-40-11-9-35)16-33-36-29(34-23-5-3-2-4-21(23)30(36)38)26-15-19-14-20(31)6-7-24(19)42-26/h2-7,12-16H,8-11,17H2,1H3. The third-order valence-electron chi connectivity index (χ3n) is 6.73.